The fourth-order valence-corrected chi connectivity index (χ4v) is 3.03. The Bertz CT molecular complexity index is 633. The fraction of sp³-hybridized carbons (Fsp3) is 0.444. The summed E-state index contributed by atoms with van der Waals surface area (Å²) < 4.78 is 5.54. The van der Waals surface area contributed by atoms with E-state index in [0.29, 0.717) is 12.4 Å². The van der Waals surface area contributed by atoms with Crippen molar-refractivity contribution in [2.75, 3.05) is 20.6 Å². The first-order valence-electron chi connectivity index (χ1n) is 8.25. The molecule has 5 nitrogen and oxygen atoms in total. The van der Waals surface area contributed by atoms with E-state index in [2.05, 4.69) is 33.8 Å². The van der Waals surface area contributed by atoms with E-state index in [4.69, 9.17) is 4.42 Å². The molecule has 0 aromatic carbocycles. The number of hydrogen-bond donors (Lipinski definition) is 1. The van der Waals surface area contributed by atoms with Gasteiger partial charge in [-0.25, -0.2) is 4.98 Å². The number of allylic oxidation sites excluding steroid dienone is 1. The quantitative estimate of drug-likeness (QED) is 0.321. The molecule has 24 heavy (non-hydrogen) atoms. The van der Waals surface area contributed by atoms with Gasteiger partial charge in [-0.1, -0.05) is 18.6 Å². The van der Waals surface area contributed by atoms with Crippen LogP contribution < -0.4 is 5.32 Å². The highest BCUT2D eigenvalue weighted by Crippen LogP contribution is 2.23. The van der Waals surface area contributed by atoms with Crippen LogP contribution in [0, 0.1) is 0 Å². The minimum Gasteiger partial charge on any atom is -0.443 e. The molecule has 2 heterocycles. The van der Waals surface area contributed by atoms with E-state index in [0.717, 1.165) is 35.9 Å². The molecule has 1 N–H and O–H groups in total. The van der Waals surface area contributed by atoms with Crippen LogP contribution in [-0.2, 0) is 6.54 Å². The van der Waals surface area contributed by atoms with Gasteiger partial charge in [0.25, 0.3) is 0 Å². The molecule has 0 spiro atoms. The van der Waals surface area contributed by atoms with Crippen LogP contribution >= 0.6 is 11.3 Å². The first-order valence-corrected chi connectivity index (χ1v) is 9.13. The van der Waals surface area contributed by atoms with Gasteiger partial charge in [0.1, 0.15) is 6.26 Å². The minimum atomic E-state index is 0.600. The third-order valence-corrected chi connectivity index (χ3v) is 4.54. The van der Waals surface area contributed by atoms with Gasteiger partial charge >= 0.3 is 0 Å². The average molecular weight is 347 g/mol. The van der Waals surface area contributed by atoms with Crippen LogP contribution in [0.25, 0.3) is 10.8 Å². The van der Waals surface area contributed by atoms with Crippen molar-refractivity contribution < 1.29 is 4.42 Å². The summed E-state index contributed by atoms with van der Waals surface area (Å²) in [6, 6.07) is 4.00. The van der Waals surface area contributed by atoms with Gasteiger partial charge in [-0.3, -0.25) is 4.99 Å². The lowest BCUT2D eigenvalue weighted by Crippen LogP contribution is -2.39. The van der Waals surface area contributed by atoms with E-state index < -0.39 is 0 Å². The maximum absolute atomic E-state index is 5.54. The van der Waals surface area contributed by atoms with Crippen molar-refractivity contribution in [1.29, 1.82) is 0 Å². The molecular formula is C18H26N4OS. The molecule has 0 saturated heterocycles. The molecule has 0 unspecified atom stereocenters. The second-order valence-electron chi connectivity index (χ2n) is 5.58. The lowest BCUT2D eigenvalue weighted by molar-refractivity contribution is 0.454. The smallest absolute Gasteiger partial charge is 0.236 e. The van der Waals surface area contributed by atoms with Gasteiger partial charge in [-0.15, -0.1) is 17.9 Å². The predicted octanol–water partition coefficient (Wildman–Crippen LogP) is 4.16. The summed E-state index contributed by atoms with van der Waals surface area (Å²) in [5.74, 6) is 1.55. The Hall–Kier alpha value is -2.08. The minimum absolute atomic E-state index is 0.600. The van der Waals surface area contributed by atoms with Gasteiger partial charge in [-0.2, -0.15) is 0 Å². The molecule has 0 aliphatic carbocycles. The summed E-state index contributed by atoms with van der Waals surface area (Å²) in [6.45, 7) is 5.34. The number of aliphatic imine (C=N–C) groups is 1. The van der Waals surface area contributed by atoms with Crippen molar-refractivity contribution in [3.8, 4) is 10.8 Å². The normalized spacial score (nSPS) is 11.5. The maximum Gasteiger partial charge on any atom is 0.236 e. The number of hydrogen-bond acceptors (Lipinski definition) is 4. The number of aromatic nitrogens is 1. The number of nitrogens with one attached hydrogen (secondary N) is 1. The molecule has 0 fully saturated rings. The number of thiophene rings is 1. The van der Waals surface area contributed by atoms with Gasteiger partial charge in [-0.05, 0) is 30.7 Å². The third-order valence-electron chi connectivity index (χ3n) is 3.69. The molecule has 0 aliphatic heterocycles. The monoisotopic (exact) mass is 346 g/mol. The largest absolute Gasteiger partial charge is 0.443 e. The van der Waals surface area contributed by atoms with Crippen molar-refractivity contribution in [3.63, 3.8) is 0 Å². The Morgan fingerprint density at radius 1 is 1.46 bits per heavy atom. The summed E-state index contributed by atoms with van der Waals surface area (Å²) in [7, 11) is 3.86. The van der Waals surface area contributed by atoms with Crippen molar-refractivity contribution in [2.24, 2.45) is 4.99 Å². The van der Waals surface area contributed by atoms with E-state index in [1.165, 1.54) is 12.8 Å². The third kappa shape index (κ3) is 5.53. The molecule has 0 amide bonds. The van der Waals surface area contributed by atoms with Crippen LogP contribution in [0.3, 0.4) is 0 Å². The van der Waals surface area contributed by atoms with Gasteiger partial charge < -0.3 is 14.6 Å². The summed E-state index contributed by atoms with van der Waals surface area (Å²) in [4.78, 5) is 12.0. The Labute approximate surface area is 148 Å². The zero-order valence-electron chi connectivity index (χ0n) is 14.5. The summed E-state index contributed by atoms with van der Waals surface area (Å²) in [5.41, 5.74) is 0.874. The molecule has 2 rings (SSSR count). The summed E-state index contributed by atoms with van der Waals surface area (Å²) in [6.07, 6.45) is 8.33. The number of unbranched alkanes of at least 4 members (excludes halogenated alkanes) is 3. The van der Waals surface area contributed by atoms with Crippen molar-refractivity contribution in [2.45, 2.75) is 32.2 Å². The zero-order chi connectivity index (χ0) is 17.2. The number of oxazole rings is 1. The van der Waals surface area contributed by atoms with Crippen molar-refractivity contribution in [1.82, 2.24) is 15.2 Å². The van der Waals surface area contributed by atoms with E-state index >= 15 is 0 Å². The van der Waals surface area contributed by atoms with Crippen LogP contribution in [0.5, 0.6) is 0 Å². The van der Waals surface area contributed by atoms with Crippen LogP contribution in [0.1, 0.15) is 31.4 Å². The number of nitrogens with zero attached hydrogens (tertiary/aromatic N) is 3. The maximum atomic E-state index is 5.54. The first kappa shape index (κ1) is 18.3. The molecular weight excluding hydrogens is 320 g/mol. The van der Waals surface area contributed by atoms with Crippen molar-refractivity contribution >= 4 is 17.3 Å². The molecule has 0 atom stereocenters. The van der Waals surface area contributed by atoms with Crippen LogP contribution in [0.4, 0.5) is 0 Å². The topological polar surface area (TPSA) is 53.7 Å². The lowest BCUT2D eigenvalue weighted by Gasteiger charge is -2.21. The van der Waals surface area contributed by atoms with Crippen molar-refractivity contribution in [3.05, 3.63) is 42.1 Å². The SMILES string of the molecule is C=CCCCCCN(C)C(=NC)NCc1coc(-c2cccs2)n1. The average Bonchev–Trinajstić information content (AvgIpc) is 3.26. The van der Waals surface area contributed by atoms with E-state index in [1.807, 2.05) is 23.6 Å². The summed E-state index contributed by atoms with van der Waals surface area (Å²) in [5, 5.41) is 5.35. The van der Waals surface area contributed by atoms with Gasteiger partial charge in [0.15, 0.2) is 5.96 Å². The zero-order valence-corrected chi connectivity index (χ0v) is 15.3. The summed E-state index contributed by atoms with van der Waals surface area (Å²) >= 11 is 1.62. The molecule has 0 aliphatic rings. The molecule has 2 aromatic heterocycles. The highest BCUT2D eigenvalue weighted by molar-refractivity contribution is 7.13. The molecule has 2 aromatic rings. The lowest BCUT2D eigenvalue weighted by atomic mass is 10.2. The predicted molar refractivity (Wildman–Crippen MR) is 101 cm³/mol. The fourth-order valence-electron chi connectivity index (χ4n) is 2.38. The molecule has 0 saturated carbocycles. The highest BCUT2D eigenvalue weighted by atomic mass is 32.1. The highest BCUT2D eigenvalue weighted by Gasteiger charge is 2.09. The number of guanidine groups is 1. The van der Waals surface area contributed by atoms with Crippen LogP contribution in [0.15, 0.2) is 45.8 Å². The Morgan fingerprint density at radius 3 is 3.04 bits per heavy atom. The van der Waals surface area contributed by atoms with E-state index in [9.17, 15) is 0 Å². The second-order valence-corrected chi connectivity index (χ2v) is 6.53. The standard InChI is InChI=1S/C18H26N4OS/c1-4-5-6-7-8-11-22(3)18(19-2)20-13-15-14-23-17(21-15)16-10-9-12-24-16/h4,9-10,12,14H,1,5-8,11,13H2,2-3H3,(H,19,20). The van der Waals surface area contributed by atoms with Crippen LogP contribution in [-0.4, -0.2) is 36.5 Å². The molecule has 130 valence electrons. The molecule has 0 radical (unpaired) electrons. The van der Waals surface area contributed by atoms with E-state index in [1.54, 1.807) is 24.6 Å². The Morgan fingerprint density at radius 2 is 2.33 bits per heavy atom. The van der Waals surface area contributed by atoms with Gasteiger partial charge in [0, 0.05) is 20.6 Å². The second kappa shape index (κ2) is 9.93. The van der Waals surface area contributed by atoms with Gasteiger partial charge in [0.2, 0.25) is 5.89 Å². The molecule has 0 bridgehead atoms. The number of rotatable bonds is 9. The Balaban J connectivity index is 1.77. The van der Waals surface area contributed by atoms with Crippen LogP contribution in [0.2, 0.25) is 0 Å². The van der Waals surface area contributed by atoms with Gasteiger partial charge in [0.05, 0.1) is 17.1 Å². The Kier molecular flexibility index (Phi) is 7.55. The first-order chi connectivity index (χ1) is 11.7. The van der Waals surface area contributed by atoms with E-state index in [-0.39, 0.29) is 0 Å². The molecule has 6 heteroatoms.